The Morgan fingerprint density at radius 2 is 1.93 bits per heavy atom. The van der Waals surface area contributed by atoms with Gasteiger partial charge in [0.1, 0.15) is 5.78 Å². The summed E-state index contributed by atoms with van der Waals surface area (Å²) in [4.78, 5) is 12.3. The van der Waals surface area contributed by atoms with Crippen molar-refractivity contribution >= 4 is 5.78 Å². The van der Waals surface area contributed by atoms with Crippen LogP contribution in [0.5, 0.6) is 0 Å². The Bertz CT molecular complexity index is 264. The highest BCUT2D eigenvalue weighted by Gasteiger charge is 2.58. The summed E-state index contributed by atoms with van der Waals surface area (Å²) in [6.07, 6.45) is 2.68. The summed E-state index contributed by atoms with van der Waals surface area (Å²) in [5.41, 5.74) is -0.498. The maximum atomic E-state index is 12.3. The van der Waals surface area contributed by atoms with E-state index in [1.54, 1.807) is 0 Å². The summed E-state index contributed by atoms with van der Waals surface area (Å²) in [6.45, 7) is 7.24. The van der Waals surface area contributed by atoms with E-state index in [9.17, 15) is 4.79 Å². The number of hydrogen-bond acceptors (Lipinski definition) is 3. The zero-order chi connectivity index (χ0) is 11.1. The first-order valence-corrected chi connectivity index (χ1v) is 5.86. The van der Waals surface area contributed by atoms with Crippen LogP contribution in [0.2, 0.25) is 0 Å². The van der Waals surface area contributed by atoms with E-state index in [-0.39, 0.29) is 5.92 Å². The molecule has 1 heterocycles. The lowest BCUT2D eigenvalue weighted by Crippen LogP contribution is -2.56. The van der Waals surface area contributed by atoms with Crippen LogP contribution in [0.15, 0.2) is 0 Å². The number of carbonyl (C=O) groups excluding carboxylic acids is 1. The summed E-state index contributed by atoms with van der Waals surface area (Å²) < 4.78 is 11.4. The first kappa shape index (κ1) is 11.1. The molecular weight excluding hydrogens is 192 g/mol. The van der Waals surface area contributed by atoms with Gasteiger partial charge in [0.05, 0.1) is 18.6 Å². The average Bonchev–Trinajstić information content (AvgIpc) is 2.66. The van der Waals surface area contributed by atoms with E-state index in [4.69, 9.17) is 9.47 Å². The zero-order valence-electron chi connectivity index (χ0n) is 9.84. The minimum Gasteiger partial charge on any atom is -0.347 e. The van der Waals surface area contributed by atoms with Crippen LogP contribution >= 0.6 is 0 Å². The Labute approximate surface area is 91.1 Å². The van der Waals surface area contributed by atoms with Crippen molar-refractivity contribution in [3.63, 3.8) is 0 Å². The Kier molecular flexibility index (Phi) is 2.63. The van der Waals surface area contributed by atoms with E-state index in [1.807, 2.05) is 13.8 Å². The van der Waals surface area contributed by atoms with Crippen molar-refractivity contribution < 1.29 is 14.3 Å². The third-order valence-electron chi connectivity index (χ3n) is 4.01. The third-order valence-corrected chi connectivity index (χ3v) is 4.01. The Morgan fingerprint density at radius 3 is 2.47 bits per heavy atom. The highest BCUT2D eigenvalue weighted by atomic mass is 16.7. The maximum absolute atomic E-state index is 12.3. The molecule has 3 nitrogen and oxygen atoms in total. The molecule has 1 atom stereocenters. The number of rotatable bonds is 1. The molecule has 0 bridgehead atoms. The molecule has 0 N–H and O–H groups in total. The Hall–Kier alpha value is -0.410. The second-order valence-corrected chi connectivity index (χ2v) is 5.08. The van der Waals surface area contributed by atoms with Crippen LogP contribution in [0.25, 0.3) is 0 Å². The molecule has 2 aliphatic rings. The van der Waals surface area contributed by atoms with Gasteiger partial charge in [-0.05, 0) is 26.7 Å². The average molecular weight is 212 g/mol. The zero-order valence-corrected chi connectivity index (χ0v) is 9.84. The molecule has 0 aromatic heterocycles. The van der Waals surface area contributed by atoms with Gasteiger partial charge in [-0.15, -0.1) is 0 Å². The van der Waals surface area contributed by atoms with Crippen molar-refractivity contribution in [3.05, 3.63) is 0 Å². The maximum Gasteiger partial charge on any atom is 0.180 e. The second-order valence-electron chi connectivity index (χ2n) is 5.08. The van der Waals surface area contributed by atoms with Crippen molar-refractivity contribution in [1.29, 1.82) is 0 Å². The van der Waals surface area contributed by atoms with Crippen molar-refractivity contribution in [2.75, 3.05) is 13.2 Å². The monoisotopic (exact) mass is 212 g/mol. The van der Waals surface area contributed by atoms with Crippen LogP contribution in [0, 0.1) is 11.3 Å². The van der Waals surface area contributed by atoms with Crippen LogP contribution in [0.4, 0.5) is 0 Å². The van der Waals surface area contributed by atoms with Crippen LogP contribution in [0.3, 0.4) is 0 Å². The standard InChI is InChI=1S/C12H20O3/c1-4-9-5-6-12(14-7-8-15-12)11(2,3)10(9)13/h9H,4-8H2,1-3H3. The van der Waals surface area contributed by atoms with Gasteiger partial charge < -0.3 is 9.47 Å². The van der Waals surface area contributed by atoms with Gasteiger partial charge in [0.2, 0.25) is 0 Å². The van der Waals surface area contributed by atoms with E-state index < -0.39 is 11.2 Å². The van der Waals surface area contributed by atoms with Gasteiger partial charge in [-0.3, -0.25) is 4.79 Å². The number of Topliss-reactive ketones (excluding diaryl/α,β-unsaturated/α-hetero) is 1. The summed E-state index contributed by atoms with van der Waals surface area (Å²) >= 11 is 0. The van der Waals surface area contributed by atoms with Gasteiger partial charge in [-0.1, -0.05) is 6.92 Å². The lowest BCUT2D eigenvalue weighted by Gasteiger charge is -2.46. The van der Waals surface area contributed by atoms with Gasteiger partial charge in [0, 0.05) is 12.3 Å². The summed E-state index contributed by atoms with van der Waals surface area (Å²) in [6, 6.07) is 0. The largest absolute Gasteiger partial charge is 0.347 e. The van der Waals surface area contributed by atoms with Crippen molar-refractivity contribution in [2.24, 2.45) is 11.3 Å². The molecule has 1 saturated carbocycles. The van der Waals surface area contributed by atoms with Gasteiger partial charge in [-0.2, -0.15) is 0 Å². The fraction of sp³-hybridized carbons (Fsp3) is 0.917. The van der Waals surface area contributed by atoms with Gasteiger partial charge in [0.25, 0.3) is 0 Å². The third kappa shape index (κ3) is 1.44. The predicted molar refractivity (Wildman–Crippen MR) is 56.4 cm³/mol. The van der Waals surface area contributed by atoms with E-state index in [1.165, 1.54) is 0 Å². The molecule has 1 aliphatic heterocycles. The number of ether oxygens (including phenoxy) is 2. The molecule has 15 heavy (non-hydrogen) atoms. The molecule has 2 fully saturated rings. The van der Waals surface area contributed by atoms with E-state index in [0.717, 1.165) is 19.3 Å². The lowest BCUT2D eigenvalue weighted by molar-refractivity contribution is -0.240. The fourth-order valence-corrected chi connectivity index (χ4v) is 2.86. The van der Waals surface area contributed by atoms with Crippen molar-refractivity contribution in [3.8, 4) is 0 Å². The van der Waals surface area contributed by atoms with E-state index >= 15 is 0 Å². The minimum absolute atomic E-state index is 0.193. The molecule has 86 valence electrons. The van der Waals surface area contributed by atoms with Crippen molar-refractivity contribution in [1.82, 2.24) is 0 Å². The first-order chi connectivity index (χ1) is 7.03. The molecule has 0 aromatic rings. The van der Waals surface area contributed by atoms with Crippen LogP contribution in [-0.4, -0.2) is 24.8 Å². The Balaban J connectivity index is 2.27. The van der Waals surface area contributed by atoms with E-state index in [0.29, 0.717) is 19.0 Å². The predicted octanol–water partition coefficient (Wildman–Crippen LogP) is 2.14. The summed E-state index contributed by atoms with van der Waals surface area (Å²) in [7, 11) is 0. The number of ketones is 1. The smallest absolute Gasteiger partial charge is 0.180 e. The van der Waals surface area contributed by atoms with Gasteiger partial charge >= 0.3 is 0 Å². The molecule has 1 spiro atoms. The molecule has 0 amide bonds. The quantitative estimate of drug-likeness (QED) is 0.668. The van der Waals surface area contributed by atoms with E-state index in [2.05, 4.69) is 6.92 Å². The van der Waals surface area contributed by atoms with Crippen LogP contribution in [-0.2, 0) is 14.3 Å². The molecule has 1 unspecified atom stereocenters. The topological polar surface area (TPSA) is 35.5 Å². The van der Waals surface area contributed by atoms with Crippen LogP contribution < -0.4 is 0 Å². The summed E-state index contributed by atoms with van der Waals surface area (Å²) in [5.74, 6) is -0.132. The highest BCUT2D eigenvalue weighted by Crippen LogP contribution is 2.49. The van der Waals surface area contributed by atoms with Gasteiger partial charge in [0.15, 0.2) is 5.79 Å². The molecule has 1 saturated heterocycles. The first-order valence-electron chi connectivity index (χ1n) is 5.86. The van der Waals surface area contributed by atoms with Crippen LogP contribution in [0.1, 0.15) is 40.0 Å². The minimum atomic E-state index is -0.629. The normalized spacial score (nSPS) is 33.5. The number of hydrogen-bond donors (Lipinski definition) is 0. The molecule has 2 rings (SSSR count). The SMILES string of the molecule is CCC1CCC2(OCCO2)C(C)(C)C1=O. The number of carbonyl (C=O) groups is 1. The molecule has 0 aromatic carbocycles. The summed E-state index contributed by atoms with van der Waals surface area (Å²) in [5, 5.41) is 0. The Morgan fingerprint density at radius 1 is 1.33 bits per heavy atom. The fourth-order valence-electron chi connectivity index (χ4n) is 2.86. The lowest BCUT2D eigenvalue weighted by atomic mass is 9.66. The second kappa shape index (κ2) is 3.56. The molecule has 0 radical (unpaired) electrons. The highest BCUT2D eigenvalue weighted by molar-refractivity contribution is 5.88. The van der Waals surface area contributed by atoms with Crippen molar-refractivity contribution in [2.45, 2.75) is 45.8 Å². The molecule has 3 heteroatoms. The molecule has 1 aliphatic carbocycles. The van der Waals surface area contributed by atoms with Gasteiger partial charge in [-0.25, -0.2) is 0 Å². The molecular formula is C12H20O3.